The molecule has 1 aliphatic heterocycles. The van der Waals surface area contributed by atoms with Gasteiger partial charge in [0.05, 0.1) is 12.6 Å². The van der Waals surface area contributed by atoms with Crippen molar-refractivity contribution in [2.24, 2.45) is 0 Å². The summed E-state index contributed by atoms with van der Waals surface area (Å²) in [5, 5.41) is 5.59. The van der Waals surface area contributed by atoms with Gasteiger partial charge < -0.3 is 9.88 Å². The van der Waals surface area contributed by atoms with Gasteiger partial charge in [0.2, 0.25) is 5.91 Å². The fraction of sp³-hybridized carbons (Fsp3) is 0.318. The number of amides is 1. The number of aromatic nitrogens is 1. The SMILES string of the molecule is CC(NC(=O)CN1CCn2cccc2C1C)c1ccc2ccccc2c1. The number of fused-ring (bicyclic) bond motifs is 2. The van der Waals surface area contributed by atoms with E-state index >= 15 is 0 Å². The van der Waals surface area contributed by atoms with Crippen LogP contribution in [0.5, 0.6) is 0 Å². The minimum atomic E-state index is -0.00364. The Hall–Kier alpha value is -2.59. The number of nitrogens with one attached hydrogen (secondary N) is 1. The first-order valence-corrected chi connectivity index (χ1v) is 9.29. The Bertz CT molecular complexity index is 930. The number of carbonyl (C=O) groups excluding carboxylic acids is 1. The Balaban J connectivity index is 1.41. The van der Waals surface area contributed by atoms with Gasteiger partial charge in [-0.3, -0.25) is 9.69 Å². The third-order valence-electron chi connectivity index (χ3n) is 5.47. The molecule has 4 nitrogen and oxygen atoms in total. The number of hydrogen-bond donors (Lipinski definition) is 1. The van der Waals surface area contributed by atoms with Crippen molar-refractivity contribution in [3.8, 4) is 0 Å². The maximum absolute atomic E-state index is 12.6. The second-order valence-electron chi connectivity index (χ2n) is 7.17. The van der Waals surface area contributed by atoms with Crippen LogP contribution in [0.1, 0.15) is 37.2 Å². The molecule has 4 rings (SSSR count). The van der Waals surface area contributed by atoms with Crippen molar-refractivity contribution in [2.45, 2.75) is 32.5 Å². The standard InChI is InChI=1S/C22H25N3O/c1-16(19-10-9-18-6-3-4-7-20(18)14-19)23-22(26)15-25-13-12-24-11-5-8-21(24)17(25)2/h3-11,14,16-17H,12-13,15H2,1-2H3,(H,23,26). The van der Waals surface area contributed by atoms with Gasteiger partial charge in [-0.15, -0.1) is 0 Å². The number of rotatable bonds is 4. The highest BCUT2D eigenvalue weighted by molar-refractivity contribution is 5.83. The zero-order valence-corrected chi connectivity index (χ0v) is 15.4. The van der Waals surface area contributed by atoms with E-state index < -0.39 is 0 Å². The molecule has 0 bridgehead atoms. The molecular formula is C22H25N3O. The van der Waals surface area contributed by atoms with E-state index in [-0.39, 0.29) is 18.0 Å². The van der Waals surface area contributed by atoms with Crippen LogP contribution in [0.4, 0.5) is 0 Å². The molecule has 2 atom stereocenters. The van der Waals surface area contributed by atoms with Crippen LogP contribution in [0.15, 0.2) is 60.8 Å². The Morgan fingerprint density at radius 3 is 2.77 bits per heavy atom. The molecule has 1 amide bonds. The van der Waals surface area contributed by atoms with Crippen LogP contribution in [0.3, 0.4) is 0 Å². The van der Waals surface area contributed by atoms with Crippen molar-refractivity contribution < 1.29 is 4.79 Å². The number of nitrogens with zero attached hydrogens (tertiary/aromatic N) is 2. The zero-order chi connectivity index (χ0) is 18.1. The third kappa shape index (κ3) is 3.25. The van der Waals surface area contributed by atoms with Crippen LogP contribution in [0, 0.1) is 0 Å². The number of benzene rings is 2. The summed E-state index contributed by atoms with van der Waals surface area (Å²) in [6.07, 6.45) is 2.12. The normalized spacial score (nSPS) is 18.5. The van der Waals surface area contributed by atoms with Crippen LogP contribution >= 0.6 is 0 Å². The fourth-order valence-corrected chi connectivity index (χ4v) is 3.88. The van der Waals surface area contributed by atoms with Gasteiger partial charge in [-0.05, 0) is 48.4 Å². The van der Waals surface area contributed by atoms with Gasteiger partial charge in [-0.1, -0.05) is 36.4 Å². The second kappa shape index (κ2) is 6.96. The van der Waals surface area contributed by atoms with Crippen LogP contribution in [0.2, 0.25) is 0 Å². The molecule has 2 unspecified atom stereocenters. The first-order valence-electron chi connectivity index (χ1n) is 9.29. The van der Waals surface area contributed by atoms with Gasteiger partial charge in [0.25, 0.3) is 0 Å². The fourth-order valence-electron chi connectivity index (χ4n) is 3.88. The molecule has 1 aromatic heterocycles. The summed E-state index contributed by atoms with van der Waals surface area (Å²) in [6, 6.07) is 19.2. The van der Waals surface area contributed by atoms with Crippen molar-refractivity contribution in [2.75, 3.05) is 13.1 Å². The minimum Gasteiger partial charge on any atom is -0.349 e. The first-order chi connectivity index (χ1) is 12.6. The quantitative estimate of drug-likeness (QED) is 0.777. The molecule has 0 saturated heterocycles. The molecule has 0 spiro atoms. The van der Waals surface area contributed by atoms with E-state index in [0.29, 0.717) is 6.54 Å². The summed E-state index contributed by atoms with van der Waals surface area (Å²) in [4.78, 5) is 14.8. The van der Waals surface area contributed by atoms with Crippen LogP contribution < -0.4 is 5.32 Å². The lowest BCUT2D eigenvalue weighted by atomic mass is 10.0. The maximum atomic E-state index is 12.6. The molecular weight excluding hydrogens is 322 g/mol. The topological polar surface area (TPSA) is 37.3 Å². The molecule has 0 saturated carbocycles. The molecule has 3 aromatic rings. The van der Waals surface area contributed by atoms with Crippen LogP contribution in [0.25, 0.3) is 10.8 Å². The smallest absolute Gasteiger partial charge is 0.234 e. The van der Waals surface area contributed by atoms with E-state index in [0.717, 1.165) is 18.7 Å². The van der Waals surface area contributed by atoms with Gasteiger partial charge in [0.1, 0.15) is 0 Å². The van der Waals surface area contributed by atoms with Gasteiger partial charge in [0.15, 0.2) is 0 Å². The molecule has 0 fully saturated rings. The van der Waals surface area contributed by atoms with Crippen molar-refractivity contribution >= 4 is 16.7 Å². The Labute approximate surface area is 154 Å². The van der Waals surface area contributed by atoms with E-state index in [2.05, 4.69) is 70.4 Å². The summed E-state index contributed by atoms with van der Waals surface area (Å²) < 4.78 is 2.27. The maximum Gasteiger partial charge on any atom is 0.234 e. The van der Waals surface area contributed by atoms with E-state index in [1.807, 2.05) is 19.1 Å². The molecule has 4 heteroatoms. The lowest BCUT2D eigenvalue weighted by Gasteiger charge is -2.34. The molecule has 26 heavy (non-hydrogen) atoms. The van der Waals surface area contributed by atoms with Crippen molar-refractivity contribution in [3.05, 3.63) is 72.1 Å². The van der Waals surface area contributed by atoms with E-state index in [4.69, 9.17) is 0 Å². The average molecular weight is 347 g/mol. The molecule has 0 aliphatic carbocycles. The summed E-state index contributed by atoms with van der Waals surface area (Å²) >= 11 is 0. The first kappa shape index (κ1) is 16.9. The van der Waals surface area contributed by atoms with Gasteiger partial charge in [0, 0.05) is 31.0 Å². The highest BCUT2D eigenvalue weighted by atomic mass is 16.2. The van der Waals surface area contributed by atoms with Gasteiger partial charge >= 0.3 is 0 Å². The predicted octanol–water partition coefficient (Wildman–Crippen LogP) is 3.90. The Morgan fingerprint density at radius 2 is 1.92 bits per heavy atom. The molecule has 2 heterocycles. The summed E-state index contributed by atoms with van der Waals surface area (Å²) in [5.41, 5.74) is 2.42. The largest absolute Gasteiger partial charge is 0.349 e. The Kier molecular flexibility index (Phi) is 4.51. The molecule has 1 aliphatic rings. The molecule has 0 radical (unpaired) electrons. The van der Waals surface area contributed by atoms with E-state index in [1.165, 1.54) is 16.5 Å². The zero-order valence-electron chi connectivity index (χ0n) is 15.4. The van der Waals surface area contributed by atoms with Crippen molar-refractivity contribution in [1.82, 2.24) is 14.8 Å². The molecule has 134 valence electrons. The van der Waals surface area contributed by atoms with Crippen molar-refractivity contribution in [1.29, 1.82) is 0 Å². The Morgan fingerprint density at radius 1 is 1.12 bits per heavy atom. The molecule has 1 N–H and O–H groups in total. The minimum absolute atomic E-state index is 0.00364. The van der Waals surface area contributed by atoms with Crippen LogP contribution in [-0.4, -0.2) is 28.5 Å². The van der Waals surface area contributed by atoms with Crippen molar-refractivity contribution in [3.63, 3.8) is 0 Å². The monoisotopic (exact) mass is 347 g/mol. The second-order valence-corrected chi connectivity index (χ2v) is 7.17. The lowest BCUT2D eigenvalue weighted by molar-refractivity contribution is -0.123. The average Bonchev–Trinajstić information content (AvgIpc) is 3.13. The number of carbonyl (C=O) groups is 1. The predicted molar refractivity (Wildman–Crippen MR) is 105 cm³/mol. The highest BCUT2D eigenvalue weighted by Crippen LogP contribution is 2.25. The summed E-state index contributed by atoms with van der Waals surface area (Å²) in [7, 11) is 0. The van der Waals surface area contributed by atoms with Gasteiger partial charge in [-0.25, -0.2) is 0 Å². The summed E-state index contributed by atoms with van der Waals surface area (Å²) in [5.74, 6) is 0.0810. The van der Waals surface area contributed by atoms with E-state index in [9.17, 15) is 4.79 Å². The molecule has 2 aromatic carbocycles. The lowest BCUT2D eigenvalue weighted by Crippen LogP contribution is -2.43. The van der Waals surface area contributed by atoms with Gasteiger partial charge in [-0.2, -0.15) is 0 Å². The number of hydrogen-bond acceptors (Lipinski definition) is 2. The third-order valence-corrected chi connectivity index (χ3v) is 5.47. The summed E-state index contributed by atoms with van der Waals surface area (Å²) in [6.45, 7) is 6.50. The van der Waals surface area contributed by atoms with E-state index in [1.54, 1.807) is 0 Å². The highest BCUT2D eigenvalue weighted by Gasteiger charge is 2.25. The van der Waals surface area contributed by atoms with Crippen LogP contribution in [-0.2, 0) is 11.3 Å².